The molecule has 1 aromatic carbocycles. The molecule has 0 bridgehead atoms. The van der Waals surface area contributed by atoms with E-state index in [1.165, 1.54) is 28.6 Å². The molecule has 2 aliphatic rings. The van der Waals surface area contributed by atoms with Crippen LogP contribution < -0.4 is 5.32 Å². The van der Waals surface area contributed by atoms with Crippen molar-refractivity contribution < 1.29 is 4.79 Å². The summed E-state index contributed by atoms with van der Waals surface area (Å²) in [5.41, 5.74) is 1.28. The molecule has 0 radical (unpaired) electrons. The van der Waals surface area contributed by atoms with Crippen molar-refractivity contribution in [3.63, 3.8) is 0 Å². The monoisotopic (exact) mass is 444 g/mol. The Morgan fingerprint density at radius 2 is 1.77 bits per heavy atom. The Bertz CT molecular complexity index is 782. The van der Waals surface area contributed by atoms with Crippen LogP contribution in [-0.4, -0.2) is 62.7 Å². The molecule has 0 spiro atoms. The zero-order valence-corrected chi connectivity index (χ0v) is 19.2. The molecule has 162 valence electrons. The molecule has 3 heterocycles. The number of hydrogen-bond acceptors (Lipinski definition) is 5. The summed E-state index contributed by atoms with van der Waals surface area (Å²) >= 11 is 4.21. The summed E-state index contributed by atoms with van der Waals surface area (Å²) in [4.78, 5) is 15.1. The van der Waals surface area contributed by atoms with E-state index < -0.39 is 0 Å². The minimum atomic E-state index is 0.0811. The largest absolute Gasteiger partial charge is 0.311 e. The lowest BCUT2D eigenvalue weighted by molar-refractivity contribution is -0.116. The van der Waals surface area contributed by atoms with Crippen molar-refractivity contribution >= 4 is 35.2 Å². The summed E-state index contributed by atoms with van der Waals surface area (Å²) < 4.78 is 2.04. The van der Waals surface area contributed by atoms with Gasteiger partial charge in [-0.25, -0.2) is 4.68 Å². The van der Waals surface area contributed by atoms with Gasteiger partial charge in [0.25, 0.3) is 0 Å². The van der Waals surface area contributed by atoms with E-state index in [-0.39, 0.29) is 5.91 Å². The van der Waals surface area contributed by atoms with Crippen LogP contribution in [0.2, 0.25) is 0 Å². The number of likely N-dealkylation sites (tertiary alicyclic amines) is 1. The normalized spacial score (nSPS) is 19.5. The van der Waals surface area contributed by atoms with Crippen LogP contribution in [0.25, 0.3) is 0 Å². The van der Waals surface area contributed by atoms with Gasteiger partial charge >= 0.3 is 0 Å². The van der Waals surface area contributed by atoms with Gasteiger partial charge in [-0.3, -0.25) is 9.69 Å². The van der Waals surface area contributed by atoms with Gasteiger partial charge in [0.05, 0.1) is 12.2 Å². The van der Waals surface area contributed by atoms with Gasteiger partial charge in [0.1, 0.15) is 5.82 Å². The van der Waals surface area contributed by atoms with Crippen molar-refractivity contribution in [2.45, 2.75) is 44.2 Å². The predicted molar refractivity (Wildman–Crippen MR) is 129 cm³/mol. The van der Waals surface area contributed by atoms with Crippen LogP contribution in [0.15, 0.2) is 42.6 Å². The number of carbonyl (C=O) groups is 1. The fraction of sp³-hybridized carbons (Fsp3) is 0.565. The fourth-order valence-electron chi connectivity index (χ4n) is 4.32. The van der Waals surface area contributed by atoms with E-state index in [2.05, 4.69) is 51.0 Å². The smallest absolute Gasteiger partial charge is 0.225 e. The highest BCUT2D eigenvalue weighted by Crippen LogP contribution is 2.29. The highest BCUT2D eigenvalue weighted by Gasteiger charge is 2.28. The molecular weight excluding hydrogens is 412 g/mol. The SMILES string of the molecule is O=C(CCCc1ccccc1)Nc1ccnn1C1CCN(C2CSCCSC2)CC1. The van der Waals surface area contributed by atoms with Gasteiger partial charge in [-0.15, -0.1) is 0 Å². The second kappa shape index (κ2) is 11.3. The lowest BCUT2D eigenvalue weighted by Crippen LogP contribution is -2.44. The van der Waals surface area contributed by atoms with Crippen molar-refractivity contribution in [3.05, 3.63) is 48.2 Å². The van der Waals surface area contributed by atoms with E-state index >= 15 is 0 Å². The third-order valence-electron chi connectivity index (χ3n) is 6.00. The summed E-state index contributed by atoms with van der Waals surface area (Å²) in [6, 6.07) is 13.4. The van der Waals surface area contributed by atoms with Crippen LogP contribution in [0.3, 0.4) is 0 Å². The van der Waals surface area contributed by atoms with Gasteiger partial charge in [-0.1, -0.05) is 30.3 Å². The van der Waals surface area contributed by atoms with E-state index in [0.717, 1.165) is 44.6 Å². The molecule has 1 N–H and O–H groups in total. The Labute approximate surface area is 188 Å². The number of amides is 1. The molecular formula is C23H32N4OS2. The average Bonchev–Trinajstić information content (AvgIpc) is 3.06. The minimum Gasteiger partial charge on any atom is -0.311 e. The van der Waals surface area contributed by atoms with E-state index in [1.807, 2.05) is 35.1 Å². The van der Waals surface area contributed by atoms with Gasteiger partial charge in [0.15, 0.2) is 0 Å². The minimum absolute atomic E-state index is 0.0811. The number of nitrogens with one attached hydrogen (secondary N) is 1. The maximum Gasteiger partial charge on any atom is 0.225 e. The topological polar surface area (TPSA) is 50.2 Å². The summed E-state index contributed by atoms with van der Waals surface area (Å²) in [5.74, 6) is 6.04. The fourth-order valence-corrected chi connectivity index (χ4v) is 6.95. The van der Waals surface area contributed by atoms with Crippen molar-refractivity contribution in [1.82, 2.24) is 14.7 Å². The van der Waals surface area contributed by atoms with Gasteiger partial charge < -0.3 is 5.32 Å². The molecule has 5 nitrogen and oxygen atoms in total. The van der Waals surface area contributed by atoms with Crippen molar-refractivity contribution in [2.75, 3.05) is 41.4 Å². The Hall–Kier alpha value is -1.44. The summed E-state index contributed by atoms with van der Waals surface area (Å²) in [5, 5.41) is 7.65. The van der Waals surface area contributed by atoms with Crippen LogP contribution >= 0.6 is 23.5 Å². The molecule has 0 atom stereocenters. The maximum absolute atomic E-state index is 12.5. The number of anilines is 1. The number of aromatic nitrogens is 2. The first-order chi connectivity index (χ1) is 14.8. The van der Waals surface area contributed by atoms with Gasteiger partial charge in [0.2, 0.25) is 5.91 Å². The highest BCUT2D eigenvalue weighted by molar-refractivity contribution is 8.03. The molecule has 1 aromatic heterocycles. The number of piperidine rings is 1. The Kier molecular flexibility index (Phi) is 8.17. The molecule has 2 fully saturated rings. The van der Waals surface area contributed by atoms with Gasteiger partial charge in [-0.2, -0.15) is 28.6 Å². The van der Waals surface area contributed by atoms with Crippen LogP contribution in [0.5, 0.6) is 0 Å². The summed E-state index contributed by atoms with van der Waals surface area (Å²) in [6.07, 6.45) is 6.35. The van der Waals surface area contributed by atoms with Crippen LogP contribution in [-0.2, 0) is 11.2 Å². The molecule has 30 heavy (non-hydrogen) atoms. The number of thioether (sulfide) groups is 2. The number of benzene rings is 1. The number of nitrogens with zero attached hydrogens (tertiary/aromatic N) is 3. The molecule has 0 unspecified atom stereocenters. The van der Waals surface area contributed by atoms with Gasteiger partial charge in [-0.05, 0) is 31.2 Å². The first-order valence-corrected chi connectivity index (χ1v) is 13.4. The summed E-state index contributed by atoms with van der Waals surface area (Å²) in [6.45, 7) is 2.25. The first kappa shape index (κ1) is 21.8. The van der Waals surface area contributed by atoms with Crippen LogP contribution in [0.4, 0.5) is 5.82 Å². The first-order valence-electron chi connectivity index (χ1n) is 11.1. The van der Waals surface area contributed by atoms with Crippen LogP contribution in [0.1, 0.15) is 37.3 Å². The zero-order chi connectivity index (χ0) is 20.6. The molecule has 4 rings (SSSR count). The second-order valence-corrected chi connectivity index (χ2v) is 10.4. The van der Waals surface area contributed by atoms with E-state index in [9.17, 15) is 4.79 Å². The molecule has 7 heteroatoms. The quantitative estimate of drug-likeness (QED) is 0.689. The molecule has 1 amide bonds. The summed E-state index contributed by atoms with van der Waals surface area (Å²) in [7, 11) is 0. The van der Waals surface area contributed by atoms with Crippen molar-refractivity contribution in [2.24, 2.45) is 0 Å². The van der Waals surface area contributed by atoms with Gasteiger partial charge in [0, 0.05) is 54.6 Å². The molecule has 2 saturated heterocycles. The van der Waals surface area contributed by atoms with E-state index in [1.54, 1.807) is 0 Å². The Morgan fingerprint density at radius 3 is 2.50 bits per heavy atom. The van der Waals surface area contributed by atoms with E-state index in [0.29, 0.717) is 18.5 Å². The zero-order valence-electron chi connectivity index (χ0n) is 17.5. The lowest BCUT2D eigenvalue weighted by Gasteiger charge is -2.37. The average molecular weight is 445 g/mol. The third-order valence-corrected chi connectivity index (χ3v) is 8.49. The molecule has 0 aliphatic carbocycles. The van der Waals surface area contributed by atoms with Crippen molar-refractivity contribution in [3.8, 4) is 0 Å². The number of hydrogen-bond donors (Lipinski definition) is 1. The highest BCUT2D eigenvalue weighted by atomic mass is 32.2. The molecule has 0 saturated carbocycles. The lowest BCUT2D eigenvalue weighted by atomic mass is 10.0. The number of carbonyl (C=O) groups excluding carboxylic acids is 1. The predicted octanol–water partition coefficient (Wildman–Crippen LogP) is 4.33. The van der Waals surface area contributed by atoms with E-state index in [4.69, 9.17) is 0 Å². The maximum atomic E-state index is 12.5. The van der Waals surface area contributed by atoms with Crippen molar-refractivity contribution in [1.29, 1.82) is 0 Å². The standard InChI is InChI=1S/C23H32N4OS2/c28-23(8-4-7-19-5-2-1-3-6-19)25-22-9-12-24-27(22)20-10-13-26(14-11-20)21-17-29-15-16-30-18-21/h1-3,5-6,9,12,20-21H,4,7-8,10-11,13-18H2,(H,25,28). The molecule has 2 aromatic rings. The Balaban J connectivity index is 1.24. The Morgan fingerprint density at radius 1 is 1.03 bits per heavy atom. The number of rotatable bonds is 7. The second-order valence-electron chi connectivity index (χ2n) is 8.12. The third kappa shape index (κ3) is 6.05. The molecule has 2 aliphatic heterocycles. The van der Waals surface area contributed by atoms with Crippen LogP contribution in [0, 0.1) is 0 Å². The number of aryl methyl sites for hydroxylation is 1.